The smallest absolute Gasteiger partial charge is 0.119 e. The standard InChI is InChI=1S/C15H21N.C14H19NO2/c1-15(2,3)11-5-4-6-13-7-9-14(12-16)10-8-13;1-14(2,3)8-12(16)10-17-13-6-4-11(9-15)5-7-13/h7-10H,4-6,11H2,1-3H3;4-7,12,16H,8,10H2,1-3H3. The van der Waals surface area contributed by atoms with Crippen molar-refractivity contribution in [2.45, 2.75) is 79.8 Å². The van der Waals surface area contributed by atoms with Crippen molar-refractivity contribution in [1.29, 1.82) is 10.5 Å². The first-order valence-electron chi connectivity index (χ1n) is 11.7. The van der Waals surface area contributed by atoms with Crippen LogP contribution >= 0.6 is 0 Å². The molecular weight excluding hydrogens is 408 g/mol. The van der Waals surface area contributed by atoms with Crippen LogP contribution in [0.4, 0.5) is 0 Å². The molecule has 0 spiro atoms. The Hall–Kier alpha value is -2.82. The number of ether oxygens (including phenoxy) is 1. The van der Waals surface area contributed by atoms with Gasteiger partial charge < -0.3 is 9.84 Å². The van der Waals surface area contributed by atoms with Crippen LogP contribution in [-0.2, 0) is 6.42 Å². The number of aliphatic hydroxyl groups excluding tert-OH is 1. The lowest BCUT2D eigenvalue weighted by molar-refractivity contribution is 0.0710. The first-order chi connectivity index (χ1) is 15.4. The molecule has 0 radical (unpaired) electrons. The zero-order chi connectivity index (χ0) is 24.9. The van der Waals surface area contributed by atoms with Crippen molar-refractivity contribution in [3.05, 3.63) is 65.2 Å². The number of aliphatic hydroxyl groups is 1. The number of unbranched alkanes of at least 4 members (excludes halogenated alkanes) is 1. The van der Waals surface area contributed by atoms with E-state index in [1.54, 1.807) is 24.3 Å². The van der Waals surface area contributed by atoms with E-state index in [0.29, 0.717) is 23.1 Å². The van der Waals surface area contributed by atoms with Gasteiger partial charge in [-0.05, 0) is 78.5 Å². The maximum Gasteiger partial charge on any atom is 0.119 e. The predicted molar refractivity (Wildman–Crippen MR) is 135 cm³/mol. The summed E-state index contributed by atoms with van der Waals surface area (Å²) in [5, 5.41) is 27.1. The van der Waals surface area contributed by atoms with Gasteiger partial charge >= 0.3 is 0 Å². The Balaban J connectivity index is 0.000000331. The fourth-order valence-corrected chi connectivity index (χ4v) is 3.31. The molecule has 178 valence electrons. The van der Waals surface area contributed by atoms with Gasteiger partial charge in [-0.1, -0.05) is 60.1 Å². The Morgan fingerprint density at radius 2 is 1.30 bits per heavy atom. The van der Waals surface area contributed by atoms with Gasteiger partial charge in [0.1, 0.15) is 12.4 Å². The third kappa shape index (κ3) is 14.0. The molecule has 0 fully saturated rings. The summed E-state index contributed by atoms with van der Waals surface area (Å²) < 4.78 is 5.45. The van der Waals surface area contributed by atoms with Crippen LogP contribution in [0.1, 0.15) is 83.9 Å². The van der Waals surface area contributed by atoms with Gasteiger partial charge in [0, 0.05) is 0 Å². The molecule has 1 N–H and O–H groups in total. The highest BCUT2D eigenvalue weighted by atomic mass is 16.5. The van der Waals surface area contributed by atoms with Gasteiger partial charge in [-0.25, -0.2) is 0 Å². The second-order valence-electron chi connectivity index (χ2n) is 10.9. The largest absolute Gasteiger partial charge is 0.491 e. The minimum Gasteiger partial charge on any atom is -0.491 e. The predicted octanol–water partition coefficient (Wildman–Crippen LogP) is 7.05. The van der Waals surface area contributed by atoms with Gasteiger partial charge in [0.25, 0.3) is 0 Å². The molecule has 1 unspecified atom stereocenters. The van der Waals surface area contributed by atoms with Gasteiger partial charge in [-0.3, -0.25) is 0 Å². The summed E-state index contributed by atoms with van der Waals surface area (Å²) in [7, 11) is 0. The summed E-state index contributed by atoms with van der Waals surface area (Å²) in [5.74, 6) is 0.678. The van der Waals surface area contributed by atoms with Crippen LogP contribution in [0.15, 0.2) is 48.5 Å². The SMILES string of the molecule is CC(C)(C)CC(O)COc1ccc(C#N)cc1.CC(C)(C)CCCCc1ccc(C#N)cc1. The topological polar surface area (TPSA) is 77.0 Å². The molecule has 0 heterocycles. The Morgan fingerprint density at radius 3 is 1.76 bits per heavy atom. The van der Waals surface area contributed by atoms with Crippen LogP contribution in [0.2, 0.25) is 0 Å². The molecule has 4 heteroatoms. The average molecular weight is 449 g/mol. The fourth-order valence-electron chi connectivity index (χ4n) is 3.31. The maximum atomic E-state index is 9.77. The van der Waals surface area contributed by atoms with E-state index in [-0.39, 0.29) is 12.0 Å². The molecule has 0 saturated heterocycles. The van der Waals surface area contributed by atoms with Crippen molar-refractivity contribution in [3.8, 4) is 17.9 Å². The summed E-state index contributed by atoms with van der Waals surface area (Å²) in [4.78, 5) is 0. The van der Waals surface area contributed by atoms with Gasteiger partial charge in [0.15, 0.2) is 0 Å². The molecule has 0 aromatic heterocycles. The van der Waals surface area contributed by atoms with Crippen molar-refractivity contribution in [3.63, 3.8) is 0 Å². The number of hydrogen-bond donors (Lipinski definition) is 1. The summed E-state index contributed by atoms with van der Waals surface area (Å²) in [6.45, 7) is 13.4. The summed E-state index contributed by atoms with van der Waals surface area (Å²) >= 11 is 0. The van der Waals surface area contributed by atoms with Crippen molar-refractivity contribution < 1.29 is 9.84 Å². The molecule has 0 amide bonds. The highest BCUT2D eigenvalue weighted by molar-refractivity contribution is 5.34. The number of aryl methyl sites for hydroxylation is 1. The highest BCUT2D eigenvalue weighted by Gasteiger charge is 2.17. The van der Waals surface area contributed by atoms with E-state index in [1.165, 1.54) is 24.8 Å². The van der Waals surface area contributed by atoms with Gasteiger partial charge in [0.05, 0.1) is 29.4 Å². The van der Waals surface area contributed by atoms with E-state index in [2.05, 4.69) is 59.7 Å². The second-order valence-corrected chi connectivity index (χ2v) is 10.9. The van der Waals surface area contributed by atoms with Crippen LogP contribution in [0.3, 0.4) is 0 Å². The minimum atomic E-state index is -0.467. The number of hydrogen-bond acceptors (Lipinski definition) is 4. The van der Waals surface area contributed by atoms with Crippen LogP contribution in [-0.4, -0.2) is 17.8 Å². The van der Waals surface area contributed by atoms with Crippen LogP contribution in [0.25, 0.3) is 0 Å². The third-order valence-electron chi connectivity index (χ3n) is 5.00. The second kappa shape index (κ2) is 13.7. The minimum absolute atomic E-state index is 0.0907. The molecule has 4 nitrogen and oxygen atoms in total. The summed E-state index contributed by atoms with van der Waals surface area (Å²) in [6, 6.07) is 19.0. The van der Waals surface area contributed by atoms with Gasteiger partial charge in [0.2, 0.25) is 0 Å². The van der Waals surface area contributed by atoms with Crippen molar-refractivity contribution in [2.75, 3.05) is 6.61 Å². The van der Waals surface area contributed by atoms with E-state index >= 15 is 0 Å². The van der Waals surface area contributed by atoms with Gasteiger partial charge in [-0.2, -0.15) is 10.5 Å². The zero-order valence-corrected chi connectivity index (χ0v) is 21.2. The molecule has 2 aromatic rings. The molecule has 1 atom stereocenters. The molecule has 2 rings (SSSR count). The molecule has 0 aliphatic rings. The lowest BCUT2D eigenvalue weighted by Crippen LogP contribution is -2.23. The number of rotatable bonds is 8. The Bertz CT molecular complexity index is 890. The van der Waals surface area contributed by atoms with E-state index in [4.69, 9.17) is 15.3 Å². The summed E-state index contributed by atoms with van der Waals surface area (Å²) in [5.41, 5.74) is 3.23. The van der Waals surface area contributed by atoms with Crippen molar-refractivity contribution >= 4 is 0 Å². The van der Waals surface area contributed by atoms with Gasteiger partial charge in [-0.15, -0.1) is 0 Å². The monoisotopic (exact) mass is 448 g/mol. The fraction of sp³-hybridized carbons (Fsp3) is 0.517. The van der Waals surface area contributed by atoms with E-state index in [9.17, 15) is 5.11 Å². The zero-order valence-electron chi connectivity index (χ0n) is 21.2. The molecular formula is C29H40N2O2. The van der Waals surface area contributed by atoms with Crippen LogP contribution in [0.5, 0.6) is 5.75 Å². The first kappa shape index (κ1) is 28.2. The van der Waals surface area contributed by atoms with Crippen LogP contribution in [0, 0.1) is 33.5 Å². The van der Waals surface area contributed by atoms with Crippen molar-refractivity contribution in [2.24, 2.45) is 10.8 Å². The lowest BCUT2D eigenvalue weighted by Gasteiger charge is -2.22. The van der Waals surface area contributed by atoms with Crippen LogP contribution < -0.4 is 4.74 Å². The van der Waals surface area contributed by atoms with E-state index in [0.717, 1.165) is 12.0 Å². The maximum absolute atomic E-state index is 9.77. The van der Waals surface area contributed by atoms with Crippen molar-refractivity contribution in [1.82, 2.24) is 0 Å². The summed E-state index contributed by atoms with van der Waals surface area (Å²) in [6.07, 6.45) is 5.16. The molecule has 0 aliphatic carbocycles. The lowest BCUT2D eigenvalue weighted by atomic mass is 9.89. The quantitative estimate of drug-likeness (QED) is 0.439. The third-order valence-corrected chi connectivity index (χ3v) is 5.00. The Kier molecular flexibility index (Phi) is 11.7. The van der Waals surface area contributed by atoms with E-state index < -0.39 is 6.10 Å². The molecule has 0 bridgehead atoms. The molecule has 2 aromatic carbocycles. The average Bonchev–Trinajstić information content (AvgIpc) is 2.75. The first-order valence-corrected chi connectivity index (χ1v) is 11.7. The molecule has 0 aliphatic heterocycles. The Morgan fingerprint density at radius 1 is 0.788 bits per heavy atom. The number of nitriles is 2. The van der Waals surface area contributed by atoms with E-state index in [1.807, 2.05) is 18.2 Å². The number of nitrogens with zero attached hydrogens (tertiary/aromatic N) is 2. The number of benzene rings is 2. The molecule has 33 heavy (non-hydrogen) atoms. The normalized spacial score (nSPS) is 12.0. The highest BCUT2D eigenvalue weighted by Crippen LogP contribution is 2.23. The Labute approximate surface area is 200 Å². The molecule has 0 saturated carbocycles.